The lowest BCUT2D eigenvalue weighted by atomic mass is 10.00. The van der Waals surface area contributed by atoms with Crippen molar-refractivity contribution in [2.75, 3.05) is 6.54 Å². The molecule has 2 unspecified atom stereocenters. The first-order chi connectivity index (χ1) is 11.1. The Balaban J connectivity index is 1.75. The summed E-state index contributed by atoms with van der Waals surface area (Å²) in [6.07, 6.45) is 6.61. The lowest BCUT2D eigenvalue weighted by Crippen LogP contribution is -2.50. The van der Waals surface area contributed by atoms with Gasteiger partial charge in [-0.25, -0.2) is 4.79 Å². The minimum absolute atomic E-state index is 0.0607. The predicted octanol–water partition coefficient (Wildman–Crippen LogP) is 2.90. The fraction of sp³-hybridized carbons (Fsp3) is 0.824. The number of urea groups is 1. The number of nitrogens with one attached hydrogen (secondary N) is 1. The quantitative estimate of drug-likeness (QED) is 0.928. The van der Waals surface area contributed by atoms with E-state index >= 15 is 0 Å². The van der Waals surface area contributed by atoms with Gasteiger partial charge in [0, 0.05) is 25.6 Å². The van der Waals surface area contributed by atoms with Crippen LogP contribution in [-0.4, -0.2) is 38.3 Å². The number of aryl methyl sites for hydroxylation is 1. The zero-order valence-electron chi connectivity index (χ0n) is 14.6. The van der Waals surface area contributed by atoms with E-state index in [0.29, 0.717) is 6.04 Å². The normalized spacial score (nSPS) is 22.3. The Morgan fingerprint density at radius 1 is 1.26 bits per heavy atom. The second kappa shape index (κ2) is 6.89. The number of carbonyl (C=O) groups excluding carboxylic acids is 1. The summed E-state index contributed by atoms with van der Waals surface area (Å²) in [4.78, 5) is 14.9. The van der Waals surface area contributed by atoms with Crippen molar-refractivity contribution in [1.82, 2.24) is 25.0 Å². The summed E-state index contributed by atoms with van der Waals surface area (Å²) in [5, 5.41) is 11.9. The van der Waals surface area contributed by atoms with E-state index in [9.17, 15) is 4.79 Å². The molecule has 1 saturated heterocycles. The van der Waals surface area contributed by atoms with Crippen LogP contribution in [0.1, 0.15) is 70.6 Å². The molecule has 2 aliphatic heterocycles. The van der Waals surface area contributed by atoms with E-state index in [0.717, 1.165) is 56.8 Å². The van der Waals surface area contributed by atoms with Crippen LogP contribution in [0.25, 0.3) is 0 Å². The van der Waals surface area contributed by atoms with Crippen LogP contribution in [0.2, 0.25) is 0 Å². The van der Waals surface area contributed by atoms with Gasteiger partial charge in [0.05, 0.1) is 6.04 Å². The summed E-state index contributed by atoms with van der Waals surface area (Å²) < 4.78 is 2.19. The molecule has 2 amide bonds. The predicted molar refractivity (Wildman–Crippen MR) is 89.1 cm³/mol. The number of rotatable bonds is 4. The van der Waals surface area contributed by atoms with Gasteiger partial charge in [-0.05, 0) is 38.0 Å². The maximum Gasteiger partial charge on any atom is 0.318 e. The average Bonchev–Trinajstić information content (AvgIpc) is 3.15. The van der Waals surface area contributed by atoms with Gasteiger partial charge in [0.25, 0.3) is 0 Å². The first kappa shape index (κ1) is 16.3. The third-order valence-corrected chi connectivity index (χ3v) is 5.22. The zero-order chi connectivity index (χ0) is 16.4. The highest BCUT2D eigenvalue weighted by Gasteiger charge is 2.31. The summed E-state index contributed by atoms with van der Waals surface area (Å²) in [6.45, 7) is 8.27. The number of amides is 2. The number of aromatic nitrogens is 3. The molecule has 3 heterocycles. The lowest BCUT2D eigenvalue weighted by molar-refractivity contribution is 0.142. The summed E-state index contributed by atoms with van der Waals surface area (Å²) in [5.74, 6) is 2.27. The van der Waals surface area contributed by atoms with E-state index in [-0.39, 0.29) is 18.0 Å². The summed E-state index contributed by atoms with van der Waals surface area (Å²) >= 11 is 0. The maximum absolute atomic E-state index is 12.8. The molecule has 1 N–H and O–H groups in total. The van der Waals surface area contributed by atoms with E-state index in [1.807, 2.05) is 4.90 Å². The van der Waals surface area contributed by atoms with Gasteiger partial charge in [-0.1, -0.05) is 20.8 Å². The van der Waals surface area contributed by atoms with Crippen molar-refractivity contribution in [3.05, 3.63) is 11.6 Å². The number of fused-ring (bicyclic) bond motifs is 1. The van der Waals surface area contributed by atoms with Crippen LogP contribution < -0.4 is 5.32 Å². The molecule has 0 aliphatic carbocycles. The Labute approximate surface area is 138 Å². The van der Waals surface area contributed by atoms with E-state index in [2.05, 4.69) is 40.9 Å². The van der Waals surface area contributed by atoms with Gasteiger partial charge in [0.1, 0.15) is 5.82 Å². The van der Waals surface area contributed by atoms with Gasteiger partial charge in [-0.15, -0.1) is 10.2 Å². The number of likely N-dealkylation sites (tertiary alicyclic amines) is 1. The Bertz CT molecular complexity index is 553. The van der Waals surface area contributed by atoms with Crippen LogP contribution in [0.15, 0.2) is 0 Å². The van der Waals surface area contributed by atoms with Gasteiger partial charge in [0.2, 0.25) is 0 Å². The van der Waals surface area contributed by atoms with Crippen molar-refractivity contribution in [2.24, 2.45) is 5.92 Å². The first-order valence-electron chi connectivity index (χ1n) is 9.11. The van der Waals surface area contributed by atoms with Crippen LogP contribution >= 0.6 is 0 Å². The molecule has 2 atom stereocenters. The Morgan fingerprint density at radius 3 is 2.83 bits per heavy atom. The standard InChI is InChI=1S/C17H29N5O/c1-4-13-8-5-6-10-21(13)17(23)18-15(12(2)3)16-20-19-14-9-7-11-22(14)16/h12-13,15H,4-11H2,1-3H3,(H,18,23). The van der Waals surface area contributed by atoms with Crippen molar-refractivity contribution in [3.8, 4) is 0 Å². The first-order valence-corrected chi connectivity index (χ1v) is 9.11. The van der Waals surface area contributed by atoms with Crippen LogP contribution in [0.3, 0.4) is 0 Å². The van der Waals surface area contributed by atoms with Gasteiger partial charge in [-0.3, -0.25) is 0 Å². The highest BCUT2D eigenvalue weighted by atomic mass is 16.2. The van der Waals surface area contributed by atoms with E-state index < -0.39 is 0 Å². The Morgan fingerprint density at radius 2 is 2.09 bits per heavy atom. The largest absolute Gasteiger partial charge is 0.328 e. The summed E-state index contributed by atoms with van der Waals surface area (Å²) in [6, 6.07) is 0.368. The molecule has 0 radical (unpaired) electrons. The van der Waals surface area contributed by atoms with Crippen LogP contribution in [0, 0.1) is 5.92 Å². The van der Waals surface area contributed by atoms with Gasteiger partial charge < -0.3 is 14.8 Å². The molecule has 1 aromatic rings. The number of hydrogen-bond acceptors (Lipinski definition) is 3. The fourth-order valence-corrected chi connectivity index (χ4v) is 3.84. The third-order valence-electron chi connectivity index (χ3n) is 5.22. The topological polar surface area (TPSA) is 63.1 Å². The molecule has 6 nitrogen and oxygen atoms in total. The van der Waals surface area contributed by atoms with Crippen LogP contribution in [0.5, 0.6) is 0 Å². The van der Waals surface area contributed by atoms with E-state index in [1.54, 1.807) is 0 Å². The molecule has 23 heavy (non-hydrogen) atoms. The van der Waals surface area contributed by atoms with Gasteiger partial charge in [-0.2, -0.15) is 0 Å². The van der Waals surface area contributed by atoms with Crippen molar-refractivity contribution in [3.63, 3.8) is 0 Å². The average molecular weight is 319 g/mol. The molecule has 0 bridgehead atoms. The van der Waals surface area contributed by atoms with Crippen molar-refractivity contribution in [2.45, 2.75) is 77.9 Å². The minimum atomic E-state index is -0.0683. The molecule has 3 rings (SSSR count). The molecule has 0 aromatic carbocycles. The van der Waals surface area contributed by atoms with Crippen LogP contribution in [-0.2, 0) is 13.0 Å². The molecule has 0 spiro atoms. The summed E-state index contributed by atoms with van der Waals surface area (Å²) in [7, 11) is 0. The smallest absolute Gasteiger partial charge is 0.318 e. The molecular weight excluding hydrogens is 290 g/mol. The highest BCUT2D eigenvalue weighted by molar-refractivity contribution is 5.75. The Hall–Kier alpha value is -1.59. The molecule has 128 valence electrons. The monoisotopic (exact) mass is 319 g/mol. The van der Waals surface area contributed by atoms with Gasteiger partial charge in [0.15, 0.2) is 5.82 Å². The number of piperidine rings is 1. The SMILES string of the molecule is CCC1CCCCN1C(=O)NC(c1nnc2n1CCC2)C(C)C. The molecule has 1 aromatic heterocycles. The minimum Gasteiger partial charge on any atom is -0.328 e. The molecule has 2 aliphatic rings. The van der Waals surface area contributed by atoms with Gasteiger partial charge >= 0.3 is 6.03 Å². The fourth-order valence-electron chi connectivity index (χ4n) is 3.84. The Kier molecular flexibility index (Phi) is 4.87. The van der Waals surface area contributed by atoms with Crippen molar-refractivity contribution in [1.29, 1.82) is 0 Å². The van der Waals surface area contributed by atoms with Crippen molar-refractivity contribution >= 4 is 6.03 Å². The lowest BCUT2D eigenvalue weighted by Gasteiger charge is -2.36. The van der Waals surface area contributed by atoms with E-state index in [4.69, 9.17) is 0 Å². The number of hydrogen-bond donors (Lipinski definition) is 1. The summed E-state index contributed by atoms with van der Waals surface area (Å²) in [5.41, 5.74) is 0. The van der Waals surface area contributed by atoms with Crippen LogP contribution in [0.4, 0.5) is 4.79 Å². The second-order valence-electron chi connectivity index (χ2n) is 7.15. The highest BCUT2D eigenvalue weighted by Crippen LogP contribution is 2.26. The molecule has 6 heteroatoms. The zero-order valence-corrected chi connectivity index (χ0v) is 14.6. The molecular formula is C17H29N5O. The molecule has 1 fully saturated rings. The maximum atomic E-state index is 12.8. The molecule has 0 saturated carbocycles. The number of carbonyl (C=O) groups is 1. The third kappa shape index (κ3) is 3.21. The van der Waals surface area contributed by atoms with Crippen molar-refractivity contribution < 1.29 is 4.79 Å². The number of nitrogens with zero attached hydrogens (tertiary/aromatic N) is 4. The second-order valence-corrected chi connectivity index (χ2v) is 7.15. The van der Waals surface area contributed by atoms with E-state index in [1.165, 1.54) is 6.42 Å².